The van der Waals surface area contributed by atoms with Crippen molar-refractivity contribution >= 4 is 5.97 Å². The number of esters is 1. The van der Waals surface area contributed by atoms with Crippen LogP contribution in [-0.4, -0.2) is 18.4 Å². The van der Waals surface area contributed by atoms with E-state index in [9.17, 15) is 4.79 Å². The molecule has 3 nitrogen and oxygen atoms in total. The first-order valence-corrected chi connectivity index (χ1v) is 7.91. The molecule has 1 atom stereocenters. The summed E-state index contributed by atoms with van der Waals surface area (Å²) in [6, 6.07) is 0. The maximum Gasteiger partial charge on any atom is 0.310 e. The molecule has 0 radical (unpaired) electrons. The molecule has 4 saturated carbocycles. The van der Waals surface area contributed by atoms with Crippen LogP contribution in [0.2, 0.25) is 0 Å². The van der Waals surface area contributed by atoms with E-state index in [0.29, 0.717) is 0 Å². The highest BCUT2D eigenvalue weighted by Gasteiger charge is 2.51. The lowest BCUT2D eigenvalue weighted by Gasteiger charge is -2.56. The van der Waals surface area contributed by atoms with Gasteiger partial charge in [-0.2, -0.15) is 0 Å². The molecule has 3 heteroatoms. The summed E-state index contributed by atoms with van der Waals surface area (Å²) in [5.41, 5.74) is 0.0461. The van der Waals surface area contributed by atoms with Crippen LogP contribution in [0, 0.1) is 23.7 Å². The Morgan fingerprint density at radius 2 is 1.68 bits per heavy atom. The molecule has 4 fully saturated rings. The molecular formula is C16H26O3. The van der Waals surface area contributed by atoms with Crippen molar-refractivity contribution in [1.29, 1.82) is 0 Å². The Kier molecular flexibility index (Phi) is 3.59. The molecule has 0 aromatic rings. The summed E-state index contributed by atoms with van der Waals surface area (Å²) in [5, 5.41) is 0. The van der Waals surface area contributed by atoms with E-state index in [1.54, 1.807) is 0 Å². The Morgan fingerprint density at radius 3 is 2.16 bits per heavy atom. The number of ether oxygens (including phenoxy) is 2. The molecular weight excluding hydrogens is 240 g/mol. The molecule has 108 valence electrons. The van der Waals surface area contributed by atoms with Gasteiger partial charge in [0, 0.05) is 0 Å². The van der Waals surface area contributed by atoms with Gasteiger partial charge < -0.3 is 9.47 Å². The molecule has 0 aromatic heterocycles. The van der Waals surface area contributed by atoms with E-state index in [2.05, 4.69) is 0 Å². The van der Waals surface area contributed by atoms with E-state index in [4.69, 9.17) is 9.47 Å². The number of carbonyl (C=O) groups excluding carboxylic acids is 1. The van der Waals surface area contributed by atoms with Gasteiger partial charge in [-0.3, -0.25) is 4.79 Å². The topological polar surface area (TPSA) is 35.5 Å². The van der Waals surface area contributed by atoms with Gasteiger partial charge >= 0.3 is 5.97 Å². The highest BCUT2D eigenvalue weighted by atomic mass is 16.7. The third kappa shape index (κ3) is 2.67. The van der Waals surface area contributed by atoms with Gasteiger partial charge in [-0.25, -0.2) is 0 Å². The lowest BCUT2D eigenvalue weighted by atomic mass is 9.54. The number of hydrogen-bond donors (Lipinski definition) is 0. The van der Waals surface area contributed by atoms with Gasteiger partial charge in [-0.05, 0) is 62.7 Å². The van der Waals surface area contributed by atoms with Crippen LogP contribution >= 0.6 is 0 Å². The average Bonchev–Trinajstić information content (AvgIpc) is 2.35. The fraction of sp³-hybridized carbons (Fsp3) is 0.938. The normalized spacial score (nSPS) is 41.3. The van der Waals surface area contributed by atoms with E-state index in [1.807, 2.05) is 13.8 Å². The number of rotatable bonds is 5. The summed E-state index contributed by atoms with van der Waals surface area (Å²) >= 11 is 0. The molecule has 0 spiro atoms. The molecule has 1 unspecified atom stereocenters. The van der Waals surface area contributed by atoms with Crippen LogP contribution in [0.1, 0.15) is 58.8 Å². The molecule has 0 aliphatic heterocycles. The minimum Gasteiger partial charge on any atom is -0.438 e. The van der Waals surface area contributed by atoms with Crippen LogP contribution in [0.4, 0.5) is 0 Å². The van der Waals surface area contributed by atoms with Gasteiger partial charge in [0.15, 0.2) is 6.79 Å². The Labute approximate surface area is 116 Å². The minimum atomic E-state index is -0.118. The quantitative estimate of drug-likeness (QED) is 0.564. The fourth-order valence-corrected chi connectivity index (χ4v) is 4.73. The van der Waals surface area contributed by atoms with Crippen molar-refractivity contribution in [2.24, 2.45) is 23.7 Å². The smallest absolute Gasteiger partial charge is 0.310 e. The van der Waals surface area contributed by atoms with E-state index >= 15 is 0 Å². The Hall–Kier alpha value is -0.570. The first kappa shape index (κ1) is 13.4. The van der Waals surface area contributed by atoms with Crippen LogP contribution < -0.4 is 0 Å². The second kappa shape index (κ2) is 5.08. The lowest BCUT2D eigenvalue weighted by Crippen LogP contribution is -2.52. The van der Waals surface area contributed by atoms with Crippen LogP contribution in [-0.2, 0) is 14.3 Å². The SMILES string of the molecule is CCC(C)C(=O)OCOC12CC3CC(CC(C3)C1)C2. The number of carbonyl (C=O) groups is 1. The Bertz CT molecular complexity index is 315. The van der Waals surface area contributed by atoms with Crippen molar-refractivity contribution in [2.45, 2.75) is 64.4 Å². The van der Waals surface area contributed by atoms with E-state index < -0.39 is 0 Å². The maximum absolute atomic E-state index is 11.7. The summed E-state index contributed by atoms with van der Waals surface area (Å²) in [7, 11) is 0. The van der Waals surface area contributed by atoms with Gasteiger partial charge in [-0.1, -0.05) is 13.8 Å². The van der Waals surface area contributed by atoms with Gasteiger partial charge in [0.25, 0.3) is 0 Å². The summed E-state index contributed by atoms with van der Waals surface area (Å²) in [4.78, 5) is 11.7. The van der Waals surface area contributed by atoms with Crippen molar-refractivity contribution in [1.82, 2.24) is 0 Å². The number of hydrogen-bond acceptors (Lipinski definition) is 3. The summed E-state index contributed by atoms with van der Waals surface area (Å²) < 4.78 is 11.3. The lowest BCUT2D eigenvalue weighted by molar-refractivity contribution is -0.212. The highest BCUT2D eigenvalue weighted by molar-refractivity contribution is 5.71. The molecule has 0 heterocycles. The van der Waals surface area contributed by atoms with Crippen LogP contribution in [0.15, 0.2) is 0 Å². The summed E-state index contributed by atoms with van der Waals surface area (Å²) in [5.74, 6) is 2.48. The Morgan fingerprint density at radius 1 is 1.16 bits per heavy atom. The van der Waals surface area contributed by atoms with Crippen LogP contribution in [0.3, 0.4) is 0 Å². The molecule has 0 aromatic carbocycles. The zero-order valence-electron chi connectivity index (χ0n) is 12.2. The molecule has 4 aliphatic carbocycles. The average molecular weight is 266 g/mol. The van der Waals surface area contributed by atoms with Crippen molar-refractivity contribution < 1.29 is 14.3 Å². The second-order valence-corrected chi connectivity index (χ2v) is 7.14. The summed E-state index contributed by atoms with van der Waals surface area (Å²) in [6.07, 6.45) is 8.65. The largest absolute Gasteiger partial charge is 0.438 e. The third-order valence-corrected chi connectivity index (χ3v) is 5.56. The molecule has 0 amide bonds. The van der Waals surface area contributed by atoms with Gasteiger partial charge in [-0.15, -0.1) is 0 Å². The fourth-order valence-electron chi connectivity index (χ4n) is 4.73. The van der Waals surface area contributed by atoms with Crippen LogP contribution in [0.25, 0.3) is 0 Å². The third-order valence-electron chi connectivity index (χ3n) is 5.56. The van der Waals surface area contributed by atoms with Crippen molar-refractivity contribution in [3.8, 4) is 0 Å². The first-order chi connectivity index (χ1) is 9.10. The summed E-state index contributed by atoms with van der Waals surface area (Å²) in [6.45, 7) is 4.08. The van der Waals surface area contributed by atoms with Crippen molar-refractivity contribution in [2.75, 3.05) is 6.79 Å². The van der Waals surface area contributed by atoms with Gasteiger partial charge in [0.05, 0.1) is 11.5 Å². The molecule has 4 bridgehead atoms. The van der Waals surface area contributed by atoms with Gasteiger partial charge in [0.2, 0.25) is 0 Å². The van der Waals surface area contributed by atoms with E-state index in [1.165, 1.54) is 38.5 Å². The van der Waals surface area contributed by atoms with E-state index in [0.717, 1.165) is 24.2 Å². The predicted molar refractivity (Wildman–Crippen MR) is 72.4 cm³/mol. The zero-order chi connectivity index (χ0) is 13.5. The zero-order valence-corrected chi connectivity index (χ0v) is 12.2. The van der Waals surface area contributed by atoms with Crippen LogP contribution in [0.5, 0.6) is 0 Å². The first-order valence-electron chi connectivity index (χ1n) is 7.91. The molecule has 4 aliphatic rings. The molecule has 19 heavy (non-hydrogen) atoms. The second-order valence-electron chi connectivity index (χ2n) is 7.14. The molecule has 4 rings (SSSR count). The van der Waals surface area contributed by atoms with E-state index in [-0.39, 0.29) is 24.3 Å². The molecule has 0 N–H and O–H groups in total. The standard InChI is InChI=1S/C16H26O3/c1-3-11(2)15(17)18-10-19-16-7-12-4-13(8-16)6-14(5-12)9-16/h11-14H,3-10H2,1-2H3. The maximum atomic E-state index is 11.7. The van der Waals surface area contributed by atoms with Crippen molar-refractivity contribution in [3.63, 3.8) is 0 Å². The van der Waals surface area contributed by atoms with Crippen molar-refractivity contribution in [3.05, 3.63) is 0 Å². The monoisotopic (exact) mass is 266 g/mol. The minimum absolute atomic E-state index is 0.0139. The predicted octanol–water partition coefficient (Wildman–Crippen LogP) is 3.52. The van der Waals surface area contributed by atoms with Gasteiger partial charge in [0.1, 0.15) is 0 Å². The molecule has 0 saturated heterocycles. The Balaban J connectivity index is 1.51. The highest BCUT2D eigenvalue weighted by Crippen LogP contribution is 2.57.